The second kappa shape index (κ2) is 4.43. The topological polar surface area (TPSA) is 67.6 Å². The van der Waals surface area contributed by atoms with Crippen molar-refractivity contribution in [1.82, 2.24) is 0 Å². The van der Waals surface area contributed by atoms with Gasteiger partial charge >= 0.3 is 0 Å². The van der Waals surface area contributed by atoms with E-state index >= 15 is 0 Å². The molecular formula is C12H18N4. The van der Waals surface area contributed by atoms with Gasteiger partial charge in [-0.1, -0.05) is 0 Å². The molecule has 0 unspecified atom stereocenters. The maximum Gasteiger partial charge on any atom is 0.0709 e. The third-order valence-corrected chi connectivity index (χ3v) is 2.96. The summed E-state index contributed by atoms with van der Waals surface area (Å²) < 4.78 is 0. The second-order valence-corrected chi connectivity index (χ2v) is 4.09. The van der Waals surface area contributed by atoms with Gasteiger partial charge in [-0.05, 0) is 25.0 Å². The van der Waals surface area contributed by atoms with Gasteiger partial charge in [0.1, 0.15) is 0 Å². The fourth-order valence-electron chi connectivity index (χ4n) is 2.20. The molecule has 4 nitrogen and oxygen atoms in total. The molecule has 0 amide bonds. The van der Waals surface area contributed by atoms with Crippen molar-refractivity contribution < 1.29 is 0 Å². The van der Waals surface area contributed by atoms with Crippen molar-refractivity contribution in [3.8, 4) is 0 Å². The zero-order chi connectivity index (χ0) is 11.5. The lowest BCUT2D eigenvalue weighted by Crippen LogP contribution is -2.21. The molecule has 0 aliphatic carbocycles. The lowest BCUT2D eigenvalue weighted by Gasteiger charge is -2.23. The zero-order valence-electron chi connectivity index (χ0n) is 9.61. The lowest BCUT2D eigenvalue weighted by molar-refractivity contribution is 0.949. The standard InChI is InChI=1S/C12H18N4/c1-15-8-9-10(13)4-5-11(14)12(9)16-6-2-3-7-16/h4-5,8H,2-3,6-7,13-14H2,1H3. The summed E-state index contributed by atoms with van der Waals surface area (Å²) in [5.74, 6) is 0. The van der Waals surface area contributed by atoms with Gasteiger partial charge in [0.05, 0.1) is 11.4 Å². The van der Waals surface area contributed by atoms with E-state index in [9.17, 15) is 0 Å². The van der Waals surface area contributed by atoms with E-state index in [1.165, 1.54) is 12.8 Å². The maximum atomic E-state index is 6.04. The van der Waals surface area contributed by atoms with Gasteiger partial charge in [-0.3, -0.25) is 4.99 Å². The summed E-state index contributed by atoms with van der Waals surface area (Å²) in [5, 5.41) is 0. The van der Waals surface area contributed by atoms with E-state index in [1.54, 1.807) is 13.3 Å². The van der Waals surface area contributed by atoms with Crippen molar-refractivity contribution in [2.75, 3.05) is 36.5 Å². The Bertz CT molecular complexity index is 406. The van der Waals surface area contributed by atoms with Crippen LogP contribution in [0.5, 0.6) is 0 Å². The smallest absolute Gasteiger partial charge is 0.0709 e. The molecule has 0 saturated carbocycles. The van der Waals surface area contributed by atoms with Gasteiger partial charge in [-0.15, -0.1) is 0 Å². The van der Waals surface area contributed by atoms with Crippen LogP contribution in [0.25, 0.3) is 0 Å². The molecule has 1 aromatic rings. The largest absolute Gasteiger partial charge is 0.398 e. The molecule has 0 aromatic heterocycles. The Kier molecular flexibility index (Phi) is 2.99. The Morgan fingerprint density at radius 3 is 2.44 bits per heavy atom. The summed E-state index contributed by atoms with van der Waals surface area (Å²) >= 11 is 0. The van der Waals surface area contributed by atoms with Crippen molar-refractivity contribution in [2.45, 2.75) is 12.8 Å². The molecule has 86 valence electrons. The highest BCUT2D eigenvalue weighted by molar-refractivity contribution is 5.98. The monoisotopic (exact) mass is 218 g/mol. The van der Waals surface area contributed by atoms with Crippen molar-refractivity contribution in [1.29, 1.82) is 0 Å². The molecule has 1 aliphatic rings. The van der Waals surface area contributed by atoms with E-state index in [0.717, 1.165) is 35.7 Å². The van der Waals surface area contributed by atoms with Crippen LogP contribution >= 0.6 is 0 Å². The number of hydrogen-bond donors (Lipinski definition) is 2. The number of nitrogen functional groups attached to an aromatic ring is 2. The van der Waals surface area contributed by atoms with E-state index in [0.29, 0.717) is 0 Å². The van der Waals surface area contributed by atoms with E-state index in [-0.39, 0.29) is 0 Å². The Balaban J connectivity index is 2.51. The Labute approximate surface area is 96.0 Å². The summed E-state index contributed by atoms with van der Waals surface area (Å²) in [6.45, 7) is 2.11. The fraction of sp³-hybridized carbons (Fsp3) is 0.417. The molecule has 16 heavy (non-hydrogen) atoms. The van der Waals surface area contributed by atoms with Crippen LogP contribution in [-0.4, -0.2) is 26.4 Å². The average Bonchev–Trinajstić information content (AvgIpc) is 2.77. The Morgan fingerprint density at radius 1 is 1.19 bits per heavy atom. The van der Waals surface area contributed by atoms with Gasteiger partial charge in [0.25, 0.3) is 0 Å². The van der Waals surface area contributed by atoms with Crippen LogP contribution in [0.2, 0.25) is 0 Å². The van der Waals surface area contributed by atoms with Gasteiger partial charge in [-0.25, -0.2) is 0 Å². The second-order valence-electron chi connectivity index (χ2n) is 4.09. The first kappa shape index (κ1) is 10.8. The molecule has 1 saturated heterocycles. The summed E-state index contributed by atoms with van der Waals surface area (Å²) in [6.07, 6.45) is 4.23. The van der Waals surface area contributed by atoms with Gasteiger partial charge in [0.2, 0.25) is 0 Å². The predicted molar refractivity (Wildman–Crippen MR) is 70.2 cm³/mol. The number of aliphatic imine (C=N–C) groups is 1. The maximum absolute atomic E-state index is 6.04. The van der Waals surface area contributed by atoms with Crippen molar-refractivity contribution >= 4 is 23.3 Å². The first-order valence-electron chi connectivity index (χ1n) is 5.59. The van der Waals surface area contributed by atoms with Gasteiger partial charge < -0.3 is 16.4 Å². The summed E-state index contributed by atoms with van der Waals surface area (Å²) in [4.78, 5) is 6.35. The molecule has 1 aliphatic heterocycles. The predicted octanol–water partition coefficient (Wildman–Crippen LogP) is 1.50. The van der Waals surface area contributed by atoms with Gasteiger partial charge in [0, 0.05) is 37.6 Å². The lowest BCUT2D eigenvalue weighted by atomic mass is 10.1. The SMILES string of the molecule is CN=Cc1c(N)ccc(N)c1N1CCCC1. The van der Waals surface area contributed by atoms with Crippen LogP contribution < -0.4 is 16.4 Å². The minimum Gasteiger partial charge on any atom is -0.398 e. The molecule has 1 fully saturated rings. The fourth-order valence-corrected chi connectivity index (χ4v) is 2.20. The molecule has 4 heteroatoms. The van der Waals surface area contributed by atoms with Crippen LogP contribution in [0.1, 0.15) is 18.4 Å². The summed E-state index contributed by atoms with van der Waals surface area (Å²) in [5.41, 5.74) is 15.5. The number of rotatable bonds is 2. The summed E-state index contributed by atoms with van der Waals surface area (Å²) in [6, 6.07) is 3.71. The number of benzene rings is 1. The highest BCUT2D eigenvalue weighted by atomic mass is 15.2. The Morgan fingerprint density at radius 2 is 1.81 bits per heavy atom. The summed E-state index contributed by atoms with van der Waals surface area (Å²) in [7, 11) is 1.75. The molecule has 4 N–H and O–H groups in total. The third-order valence-electron chi connectivity index (χ3n) is 2.96. The number of nitrogens with zero attached hydrogens (tertiary/aromatic N) is 2. The van der Waals surface area contributed by atoms with Crippen molar-refractivity contribution in [3.05, 3.63) is 17.7 Å². The van der Waals surface area contributed by atoms with Crippen LogP contribution in [0.4, 0.5) is 17.1 Å². The minimum atomic E-state index is 0.738. The highest BCUT2D eigenvalue weighted by Gasteiger charge is 2.18. The molecule has 0 spiro atoms. The molecule has 1 aromatic carbocycles. The van der Waals surface area contributed by atoms with E-state index < -0.39 is 0 Å². The van der Waals surface area contributed by atoms with Crippen LogP contribution in [0.15, 0.2) is 17.1 Å². The van der Waals surface area contributed by atoms with Crippen molar-refractivity contribution in [3.63, 3.8) is 0 Å². The molecule has 0 atom stereocenters. The van der Waals surface area contributed by atoms with Gasteiger partial charge in [-0.2, -0.15) is 0 Å². The van der Waals surface area contributed by atoms with Crippen LogP contribution in [0.3, 0.4) is 0 Å². The van der Waals surface area contributed by atoms with E-state index in [4.69, 9.17) is 11.5 Å². The van der Waals surface area contributed by atoms with E-state index in [2.05, 4.69) is 9.89 Å². The quantitative estimate of drug-likeness (QED) is 0.584. The molecule has 0 bridgehead atoms. The number of anilines is 3. The molecule has 2 rings (SSSR count). The minimum absolute atomic E-state index is 0.738. The van der Waals surface area contributed by atoms with Crippen LogP contribution in [-0.2, 0) is 0 Å². The molecule has 0 radical (unpaired) electrons. The van der Waals surface area contributed by atoms with Crippen molar-refractivity contribution in [2.24, 2.45) is 4.99 Å². The molecular weight excluding hydrogens is 200 g/mol. The number of hydrogen-bond acceptors (Lipinski definition) is 4. The highest BCUT2D eigenvalue weighted by Crippen LogP contribution is 2.33. The first-order valence-corrected chi connectivity index (χ1v) is 5.59. The van der Waals surface area contributed by atoms with Crippen LogP contribution in [0, 0.1) is 0 Å². The normalized spacial score (nSPS) is 16.2. The van der Waals surface area contributed by atoms with E-state index in [1.807, 2.05) is 12.1 Å². The zero-order valence-corrected chi connectivity index (χ0v) is 9.61. The number of nitrogens with two attached hydrogens (primary N) is 2. The average molecular weight is 218 g/mol. The first-order chi connectivity index (χ1) is 7.74. The van der Waals surface area contributed by atoms with Gasteiger partial charge in [0.15, 0.2) is 0 Å². The Hall–Kier alpha value is -1.71. The third kappa shape index (κ3) is 1.83. The molecule has 1 heterocycles.